The summed E-state index contributed by atoms with van der Waals surface area (Å²) in [6.45, 7) is 1.40. The van der Waals surface area contributed by atoms with Gasteiger partial charge in [0.25, 0.3) is 0 Å². The number of unbranched alkanes of at least 4 members (excludes halogenated alkanes) is 3. The molecule has 2 aliphatic rings. The number of hydrogen-bond acceptors (Lipinski definition) is 4. The summed E-state index contributed by atoms with van der Waals surface area (Å²) in [7, 11) is 0. The monoisotopic (exact) mass is 452 g/mol. The van der Waals surface area contributed by atoms with Gasteiger partial charge in [-0.2, -0.15) is 0 Å². The van der Waals surface area contributed by atoms with Crippen LogP contribution in [0, 0.1) is 11.8 Å². The lowest BCUT2D eigenvalue weighted by Crippen LogP contribution is -2.30. The van der Waals surface area contributed by atoms with Crippen molar-refractivity contribution in [1.29, 1.82) is 0 Å². The maximum atomic E-state index is 10.6. The van der Waals surface area contributed by atoms with Crippen LogP contribution in [0.25, 0.3) is 0 Å². The Morgan fingerprint density at radius 3 is 2.39 bits per heavy atom. The number of benzene rings is 2. The third kappa shape index (κ3) is 6.97. The van der Waals surface area contributed by atoms with Crippen LogP contribution in [0.3, 0.4) is 0 Å². The van der Waals surface area contributed by atoms with Crippen LogP contribution >= 0.6 is 0 Å². The Morgan fingerprint density at radius 1 is 0.848 bits per heavy atom. The van der Waals surface area contributed by atoms with Crippen molar-refractivity contribution in [3.63, 3.8) is 0 Å². The lowest BCUT2D eigenvalue weighted by atomic mass is 9.75. The molecule has 4 rings (SSSR count). The quantitative estimate of drug-likeness (QED) is 0.361. The molecule has 2 aromatic rings. The molecule has 2 aliphatic heterocycles. The van der Waals surface area contributed by atoms with E-state index in [1.165, 1.54) is 18.4 Å². The second-order valence-corrected chi connectivity index (χ2v) is 9.33. The molecule has 2 saturated heterocycles. The molecular formula is C28H36O5. The SMILES string of the molecule is O=C(O)CCCCCCOc1cccc(C[C@@H]2[C@H](CCOc3ccccc3)[C@@H]3CC[C@H]2O3)c1. The fourth-order valence-electron chi connectivity index (χ4n) is 5.34. The highest BCUT2D eigenvalue weighted by Crippen LogP contribution is 2.46. The fourth-order valence-corrected chi connectivity index (χ4v) is 5.34. The molecule has 0 amide bonds. The Labute approximate surface area is 197 Å². The van der Waals surface area contributed by atoms with Crippen LogP contribution in [0.2, 0.25) is 0 Å². The number of rotatable bonds is 14. The van der Waals surface area contributed by atoms with Crippen LogP contribution in [0.4, 0.5) is 0 Å². The number of fused-ring (bicyclic) bond motifs is 2. The normalized spacial score (nSPS) is 23.5. The lowest BCUT2D eigenvalue weighted by molar-refractivity contribution is -0.137. The number of ether oxygens (including phenoxy) is 3. The molecule has 5 nitrogen and oxygen atoms in total. The van der Waals surface area contributed by atoms with Crippen LogP contribution in [-0.2, 0) is 16.0 Å². The summed E-state index contributed by atoms with van der Waals surface area (Å²) in [5.74, 6) is 2.22. The summed E-state index contributed by atoms with van der Waals surface area (Å²) < 4.78 is 18.3. The molecule has 2 heterocycles. The van der Waals surface area contributed by atoms with E-state index in [2.05, 4.69) is 18.2 Å². The van der Waals surface area contributed by atoms with Gasteiger partial charge >= 0.3 is 5.97 Å². The highest BCUT2D eigenvalue weighted by Gasteiger charge is 2.48. The molecule has 0 radical (unpaired) electrons. The minimum absolute atomic E-state index is 0.259. The van der Waals surface area contributed by atoms with Gasteiger partial charge in [0.1, 0.15) is 11.5 Å². The van der Waals surface area contributed by atoms with Gasteiger partial charge in [-0.05, 0) is 80.2 Å². The van der Waals surface area contributed by atoms with Crippen molar-refractivity contribution in [3.8, 4) is 11.5 Å². The zero-order chi connectivity index (χ0) is 22.9. The smallest absolute Gasteiger partial charge is 0.303 e. The predicted molar refractivity (Wildman–Crippen MR) is 128 cm³/mol. The Hall–Kier alpha value is -2.53. The first kappa shape index (κ1) is 23.6. The maximum absolute atomic E-state index is 10.6. The summed E-state index contributed by atoms with van der Waals surface area (Å²) in [6.07, 6.45) is 9.03. The summed E-state index contributed by atoms with van der Waals surface area (Å²) in [6, 6.07) is 18.5. The largest absolute Gasteiger partial charge is 0.494 e. The number of carbonyl (C=O) groups is 1. The first-order chi connectivity index (χ1) is 16.2. The highest BCUT2D eigenvalue weighted by atomic mass is 16.5. The van der Waals surface area contributed by atoms with Crippen molar-refractivity contribution < 1.29 is 24.1 Å². The van der Waals surface area contributed by atoms with E-state index in [-0.39, 0.29) is 6.42 Å². The fraction of sp³-hybridized carbons (Fsp3) is 0.536. The van der Waals surface area contributed by atoms with E-state index in [4.69, 9.17) is 19.3 Å². The third-order valence-electron chi connectivity index (χ3n) is 6.98. The van der Waals surface area contributed by atoms with E-state index in [1.807, 2.05) is 36.4 Å². The predicted octanol–water partition coefficient (Wildman–Crippen LogP) is 5.91. The molecule has 0 saturated carbocycles. The van der Waals surface area contributed by atoms with Gasteiger partial charge in [-0.15, -0.1) is 0 Å². The molecule has 4 atom stereocenters. The molecule has 0 aromatic heterocycles. The van der Waals surface area contributed by atoms with E-state index in [0.717, 1.165) is 56.6 Å². The standard InChI is InChI=1S/C28H36O5/c29-28(30)13-6-1-2-7-17-31-23-12-8-9-21(19-23)20-25-24(26-14-15-27(25)33-26)16-18-32-22-10-4-3-5-11-22/h3-5,8-12,19,24-27H,1-2,6-7,13-18,20H2,(H,29,30)/t24-,25+,26-,27+/m0/s1. The minimum atomic E-state index is -0.713. The van der Waals surface area contributed by atoms with Crippen molar-refractivity contribution in [1.82, 2.24) is 0 Å². The molecule has 2 bridgehead atoms. The summed E-state index contributed by atoms with van der Waals surface area (Å²) in [5, 5.41) is 8.69. The van der Waals surface area contributed by atoms with Crippen molar-refractivity contribution >= 4 is 5.97 Å². The Balaban J connectivity index is 1.23. The van der Waals surface area contributed by atoms with E-state index in [0.29, 0.717) is 30.7 Å². The molecule has 1 N–H and O–H groups in total. The zero-order valence-electron chi connectivity index (χ0n) is 19.4. The van der Waals surface area contributed by atoms with E-state index in [9.17, 15) is 4.79 Å². The van der Waals surface area contributed by atoms with Crippen molar-refractivity contribution in [2.24, 2.45) is 11.8 Å². The summed E-state index contributed by atoms with van der Waals surface area (Å²) in [4.78, 5) is 10.6. The second kappa shape index (κ2) is 12.1. The first-order valence-corrected chi connectivity index (χ1v) is 12.5. The zero-order valence-corrected chi connectivity index (χ0v) is 19.4. The molecule has 0 spiro atoms. The minimum Gasteiger partial charge on any atom is -0.494 e. The maximum Gasteiger partial charge on any atom is 0.303 e. The summed E-state index contributed by atoms with van der Waals surface area (Å²) in [5.41, 5.74) is 1.31. The first-order valence-electron chi connectivity index (χ1n) is 12.5. The Kier molecular flexibility index (Phi) is 8.65. The topological polar surface area (TPSA) is 65.0 Å². The molecule has 0 unspecified atom stereocenters. The van der Waals surface area contributed by atoms with E-state index >= 15 is 0 Å². The van der Waals surface area contributed by atoms with Crippen molar-refractivity contribution in [3.05, 3.63) is 60.2 Å². The molecule has 2 aromatic carbocycles. The molecule has 0 aliphatic carbocycles. The van der Waals surface area contributed by atoms with Gasteiger partial charge in [-0.1, -0.05) is 43.2 Å². The van der Waals surface area contributed by atoms with Gasteiger partial charge in [0.2, 0.25) is 0 Å². The number of para-hydroxylation sites is 1. The molecule has 33 heavy (non-hydrogen) atoms. The van der Waals surface area contributed by atoms with Gasteiger partial charge in [0.15, 0.2) is 0 Å². The van der Waals surface area contributed by atoms with Crippen LogP contribution in [0.15, 0.2) is 54.6 Å². The molecule has 178 valence electrons. The Morgan fingerprint density at radius 2 is 1.58 bits per heavy atom. The number of hydrogen-bond donors (Lipinski definition) is 1. The number of carboxylic acid groups (broad SMARTS) is 1. The molecular weight excluding hydrogens is 416 g/mol. The third-order valence-corrected chi connectivity index (χ3v) is 6.98. The van der Waals surface area contributed by atoms with Gasteiger partial charge in [0.05, 0.1) is 25.4 Å². The van der Waals surface area contributed by atoms with Gasteiger partial charge < -0.3 is 19.3 Å². The van der Waals surface area contributed by atoms with Gasteiger partial charge in [-0.25, -0.2) is 0 Å². The lowest BCUT2D eigenvalue weighted by Gasteiger charge is -2.28. The number of aliphatic carboxylic acids is 1. The van der Waals surface area contributed by atoms with Gasteiger partial charge in [0, 0.05) is 6.42 Å². The van der Waals surface area contributed by atoms with Crippen LogP contribution in [-0.4, -0.2) is 36.5 Å². The van der Waals surface area contributed by atoms with E-state index < -0.39 is 5.97 Å². The number of carboxylic acids is 1. The highest BCUT2D eigenvalue weighted by molar-refractivity contribution is 5.66. The average molecular weight is 453 g/mol. The second-order valence-electron chi connectivity index (χ2n) is 9.33. The average Bonchev–Trinajstić information content (AvgIpc) is 3.42. The van der Waals surface area contributed by atoms with Crippen molar-refractivity contribution in [2.75, 3.05) is 13.2 Å². The van der Waals surface area contributed by atoms with E-state index in [1.54, 1.807) is 0 Å². The van der Waals surface area contributed by atoms with Crippen LogP contribution < -0.4 is 9.47 Å². The molecule has 2 fully saturated rings. The van der Waals surface area contributed by atoms with Gasteiger partial charge in [-0.3, -0.25) is 4.79 Å². The summed E-state index contributed by atoms with van der Waals surface area (Å²) >= 11 is 0. The Bertz CT molecular complexity index is 868. The molecule has 5 heteroatoms. The van der Waals surface area contributed by atoms with Crippen LogP contribution in [0.1, 0.15) is 56.9 Å². The van der Waals surface area contributed by atoms with Crippen molar-refractivity contribution in [2.45, 2.75) is 70.0 Å². The van der Waals surface area contributed by atoms with Crippen LogP contribution in [0.5, 0.6) is 11.5 Å².